The molecule has 0 aromatic carbocycles. The van der Waals surface area contributed by atoms with Crippen LogP contribution in [0.3, 0.4) is 0 Å². The fourth-order valence-electron chi connectivity index (χ4n) is 1.77. The van der Waals surface area contributed by atoms with Gasteiger partial charge in [0.2, 0.25) is 0 Å². The van der Waals surface area contributed by atoms with Crippen LogP contribution in [0.15, 0.2) is 0 Å². The van der Waals surface area contributed by atoms with Crippen LogP contribution in [-0.2, 0) is 0 Å². The van der Waals surface area contributed by atoms with E-state index in [1.54, 1.807) is 0 Å². The summed E-state index contributed by atoms with van der Waals surface area (Å²) in [5.41, 5.74) is 0. The molecule has 1 atom stereocenters. The lowest BCUT2D eigenvalue weighted by atomic mass is 9.96. The topological polar surface area (TPSA) is 12.0 Å². The Morgan fingerprint density at radius 2 is 2.00 bits per heavy atom. The Balaban J connectivity index is 2.65. The van der Waals surface area contributed by atoms with Crippen molar-refractivity contribution in [2.24, 2.45) is 5.92 Å². The van der Waals surface area contributed by atoms with Crippen molar-refractivity contribution in [2.75, 3.05) is 6.54 Å². The summed E-state index contributed by atoms with van der Waals surface area (Å²) in [7, 11) is 0. The van der Waals surface area contributed by atoms with Crippen LogP contribution in [0.4, 0.5) is 8.78 Å². The van der Waals surface area contributed by atoms with Crippen LogP contribution in [0.1, 0.15) is 33.1 Å². The highest BCUT2D eigenvalue weighted by Gasteiger charge is 2.41. The largest absolute Gasteiger partial charge is 0.308 e. The van der Waals surface area contributed by atoms with Gasteiger partial charge in [-0.25, -0.2) is 8.78 Å². The first-order chi connectivity index (χ1) is 5.54. The lowest BCUT2D eigenvalue weighted by Crippen LogP contribution is -2.47. The van der Waals surface area contributed by atoms with E-state index in [4.69, 9.17) is 0 Å². The molecule has 1 fully saturated rings. The highest BCUT2D eigenvalue weighted by molar-refractivity contribution is 4.87. The van der Waals surface area contributed by atoms with E-state index < -0.39 is 12.0 Å². The van der Waals surface area contributed by atoms with Crippen molar-refractivity contribution >= 4 is 0 Å². The Hall–Kier alpha value is -0.180. The molecule has 1 saturated heterocycles. The molecule has 3 heteroatoms. The van der Waals surface area contributed by atoms with E-state index in [9.17, 15) is 8.78 Å². The van der Waals surface area contributed by atoms with E-state index >= 15 is 0 Å². The van der Waals surface area contributed by atoms with Crippen molar-refractivity contribution in [3.05, 3.63) is 0 Å². The van der Waals surface area contributed by atoms with E-state index in [1.165, 1.54) is 0 Å². The minimum absolute atomic E-state index is 0.0121. The zero-order valence-corrected chi connectivity index (χ0v) is 7.74. The molecule has 0 saturated carbocycles. The molecular formula is C9H17F2N. The average molecular weight is 177 g/mol. The first-order valence-electron chi connectivity index (χ1n) is 4.65. The number of nitrogens with one attached hydrogen (secondary N) is 1. The molecule has 0 aromatic heterocycles. The van der Waals surface area contributed by atoms with E-state index in [1.807, 2.05) is 13.8 Å². The van der Waals surface area contributed by atoms with Gasteiger partial charge >= 0.3 is 0 Å². The zero-order valence-electron chi connectivity index (χ0n) is 7.74. The molecule has 1 aliphatic rings. The molecule has 1 heterocycles. The second-order valence-corrected chi connectivity index (χ2v) is 3.89. The minimum Gasteiger partial charge on any atom is -0.308 e. The average Bonchev–Trinajstić information content (AvgIpc) is 2.09. The molecule has 12 heavy (non-hydrogen) atoms. The summed E-state index contributed by atoms with van der Waals surface area (Å²) < 4.78 is 26.6. The monoisotopic (exact) mass is 177 g/mol. The SMILES string of the molecule is CC(C)C1NCCCCC1(F)F. The van der Waals surface area contributed by atoms with Crippen molar-refractivity contribution in [3.8, 4) is 0 Å². The molecule has 72 valence electrons. The Morgan fingerprint density at radius 1 is 1.33 bits per heavy atom. The van der Waals surface area contributed by atoms with E-state index in [2.05, 4.69) is 5.32 Å². The van der Waals surface area contributed by atoms with Crippen LogP contribution >= 0.6 is 0 Å². The fourth-order valence-corrected chi connectivity index (χ4v) is 1.77. The van der Waals surface area contributed by atoms with Crippen LogP contribution in [0.2, 0.25) is 0 Å². The van der Waals surface area contributed by atoms with Gasteiger partial charge in [0, 0.05) is 6.42 Å². The van der Waals surface area contributed by atoms with Gasteiger partial charge in [-0.3, -0.25) is 0 Å². The van der Waals surface area contributed by atoms with Gasteiger partial charge in [0.05, 0.1) is 6.04 Å². The Morgan fingerprint density at radius 3 is 2.58 bits per heavy atom. The fraction of sp³-hybridized carbons (Fsp3) is 1.00. The van der Waals surface area contributed by atoms with Crippen molar-refractivity contribution in [3.63, 3.8) is 0 Å². The summed E-state index contributed by atoms with van der Waals surface area (Å²) in [6.07, 6.45) is 1.56. The van der Waals surface area contributed by atoms with Gasteiger partial charge in [-0.1, -0.05) is 13.8 Å². The molecule has 1 N–H and O–H groups in total. The maximum atomic E-state index is 13.3. The van der Waals surface area contributed by atoms with E-state index in [-0.39, 0.29) is 12.3 Å². The standard InChI is InChI=1S/C9H17F2N/c1-7(2)8-9(10,11)5-3-4-6-12-8/h7-8,12H,3-6H2,1-2H3. The quantitative estimate of drug-likeness (QED) is 0.648. The number of halogens is 2. The van der Waals surface area contributed by atoms with Crippen molar-refractivity contribution in [2.45, 2.75) is 45.1 Å². The summed E-state index contributed by atoms with van der Waals surface area (Å²) in [5.74, 6) is -2.50. The van der Waals surface area contributed by atoms with Crippen LogP contribution in [0, 0.1) is 5.92 Å². The Labute approximate surface area is 72.5 Å². The predicted octanol–water partition coefficient (Wildman–Crippen LogP) is 2.42. The third-order valence-electron chi connectivity index (χ3n) is 2.42. The third kappa shape index (κ3) is 2.16. The highest BCUT2D eigenvalue weighted by atomic mass is 19.3. The van der Waals surface area contributed by atoms with Gasteiger partial charge in [0.1, 0.15) is 0 Å². The van der Waals surface area contributed by atoms with Crippen LogP contribution in [0.5, 0.6) is 0 Å². The van der Waals surface area contributed by atoms with Crippen molar-refractivity contribution in [1.29, 1.82) is 0 Å². The Bertz CT molecular complexity index is 145. The zero-order chi connectivity index (χ0) is 9.19. The Kier molecular flexibility index (Phi) is 3.04. The van der Waals surface area contributed by atoms with E-state index in [0.29, 0.717) is 6.42 Å². The molecule has 0 aromatic rings. The van der Waals surface area contributed by atoms with Crippen LogP contribution < -0.4 is 5.32 Å². The highest BCUT2D eigenvalue weighted by Crippen LogP contribution is 2.31. The van der Waals surface area contributed by atoms with Gasteiger partial charge in [-0.2, -0.15) is 0 Å². The summed E-state index contributed by atoms with van der Waals surface area (Å²) in [5, 5.41) is 2.92. The summed E-state index contributed by atoms with van der Waals surface area (Å²) in [6, 6.07) is -0.625. The molecule has 1 unspecified atom stereocenters. The van der Waals surface area contributed by atoms with Crippen LogP contribution in [0.25, 0.3) is 0 Å². The molecule has 0 amide bonds. The summed E-state index contributed by atoms with van der Waals surface area (Å²) in [4.78, 5) is 0. The molecule has 0 bridgehead atoms. The summed E-state index contributed by atoms with van der Waals surface area (Å²) >= 11 is 0. The first kappa shape index (κ1) is 9.90. The van der Waals surface area contributed by atoms with Gasteiger partial charge in [0.25, 0.3) is 5.92 Å². The predicted molar refractivity (Wildman–Crippen MR) is 45.4 cm³/mol. The number of hydrogen-bond donors (Lipinski definition) is 1. The lowest BCUT2D eigenvalue weighted by molar-refractivity contribution is -0.0529. The molecule has 0 spiro atoms. The lowest BCUT2D eigenvalue weighted by Gasteiger charge is -2.28. The number of hydrogen-bond acceptors (Lipinski definition) is 1. The second-order valence-electron chi connectivity index (χ2n) is 3.89. The molecule has 1 rings (SSSR count). The van der Waals surface area contributed by atoms with Gasteiger partial charge in [-0.05, 0) is 25.3 Å². The van der Waals surface area contributed by atoms with E-state index in [0.717, 1.165) is 13.0 Å². The molecule has 0 aliphatic carbocycles. The molecule has 1 aliphatic heterocycles. The molecular weight excluding hydrogens is 160 g/mol. The second kappa shape index (κ2) is 3.69. The van der Waals surface area contributed by atoms with Crippen molar-refractivity contribution in [1.82, 2.24) is 5.32 Å². The number of alkyl halides is 2. The normalized spacial score (nSPS) is 30.2. The maximum absolute atomic E-state index is 13.3. The molecule has 1 nitrogen and oxygen atoms in total. The minimum atomic E-state index is -2.51. The van der Waals surface area contributed by atoms with Crippen LogP contribution in [-0.4, -0.2) is 18.5 Å². The van der Waals surface area contributed by atoms with Gasteiger partial charge in [0.15, 0.2) is 0 Å². The van der Waals surface area contributed by atoms with Gasteiger partial charge in [-0.15, -0.1) is 0 Å². The number of rotatable bonds is 1. The third-order valence-corrected chi connectivity index (χ3v) is 2.42. The van der Waals surface area contributed by atoms with Gasteiger partial charge < -0.3 is 5.32 Å². The smallest absolute Gasteiger partial charge is 0.263 e. The maximum Gasteiger partial charge on any atom is 0.263 e. The first-order valence-corrected chi connectivity index (χ1v) is 4.65. The summed E-state index contributed by atoms with van der Waals surface area (Å²) in [6.45, 7) is 4.42. The molecule has 0 radical (unpaired) electrons. The van der Waals surface area contributed by atoms with Crippen molar-refractivity contribution < 1.29 is 8.78 Å².